The van der Waals surface area contributed by atoms with Crippen LogP contribution in [0.1, 0.15) is 24.0 Å². The van der Waals surface area contributed by atoms with Crippen LogP contribution in [0.4, 0.5) is 5.69 Å². The van der Waals surface area contributed by atoms with E-state index < -0.39 is 10.0 Å². The van der Waals surface area contributed by atoms with Crippen molar-refractivity contribution in [1.29, 1.82) is 0 Å². The number of nitrogens with two attached hydrogens (primary N) is 1. The molecule has 2 rings (SSSR count). The molecule has 1 aromatic carbocycles. The van der Waals surface area contributed by atoms with Crippen LogP contribution in [0, 0.1) is 19.8 Å². The van der Waals surface area contributed by atoms with Crippen LogP contribution in [-0.2, 0) is 10.0 Å². The Kier molecular flexibility index (Phi) is 4.36. The van der Waals surface area contributed by atoms with E-state index in [1.807, 2.05) is 13.8 Å². The largest absolute Gasteiger partial charge is 0.398 e. The summed E-state index contributed by atoms with van der Waals surface area (Å²) in [5, 5.41) is 8.96. The van der Waals surface area contributed by atoms with Gasteiger partial charge in [0.15, 0.2) is 0 Å². The number of anilines is 1. The molecule has 6 heteroatoms. The van der Waals surface area contributed by atoms with Crippen molar-refractivity contribution < 1.29 is 13.5 Å². The second kappa shape index (κ2) is 5.71. The normalized spacial score (nSPS) is 20.4. The summed E-state index contributed by atoms with van der Waals surface area (Å²) in [5.74, 6) is 0.238. The van der Waals surface area contributed by atoms with Gasteiger partial charge in [0.2, 0.25) is 10.0 Å². The summed E-state index contributed by atoms with van der Waals surface area (Å²) in [5.41, 5.74) is 8.10. The van der Waals surface area contributed by atoms with Crippen LogP contribution in [0.2, 0.25) is 0 Å². The van der Waals surface area contributed by atoms with Crippen molar-refractivity contribution in [2.24, 2.45) is 5.92 Å². The summed E-state index contributed by atoms with van der Waals surface area (Å²) >= 11 is 0. The third-order valence-corrected chi connectivity index (χ3v) is 5.95. The Hall–Kier alpha value is -1.11. The van der Waals surface area contributed by atoms with Gasteiger partial charge in [0.1, 0.15) is 4.90 Å². The average Bonchev–Trinajstić information content (AvgIpc) is 2.83. The Morgan fingerprint density at radius 1 is 1.35 bits per heavy atom. The molecular weight excluding hydrogens is 276 g/mol. The smallest absolute Gasteiger partial charge is 0.245 e. The zero-order valence-electron chi connectivity index (χ0n) is 12.0. The minimum atomic E-state index is -3.53. The molecule has 0 radical (unpaired) electrons. The third kappa shape index (κ3) is 2.82. The minimum absolute atomic E-state index is 0.102. The number of sulfonamides is 1. The van der Waals surface area contributed by atoms with E-state index in [0.29, 0.717) is 25.2 Å². The highest BCUT2D eigenvalue weighted by Gasteiger charge is 2.33. The molecule has 0 aromatic heterocycles. The first-order valence-corrected chi connectivity index (χ1v) is 8.28. The molecule has 1 heterocycles. The van der Waals surface area contributed by atoms with E-state index in [1.165, 1.54) is 4.31 Å². The van der Waals surface area contributed by atoms with Crippen molar-refractivity contribution in [2.75, 3.05) is 25.4 Å². The number of benzene rings is 1. The van der Waals surface area contributed by atoms with Crippen LogP contribution in [0.25, 0.3) is 0 Å². The highest BCUT2D eigenvalue weighted by atomic mass is 32.2. The average molecular weight is 298 g/mol. The number of aryl methyl sites for hydroxylation is 2. The summed E-state index contributed by atoms with van der Waals surface area (Å²) in [6.45, 7) is 4.86. The maximum Gasteiger partial charge on any atom is 0.245 e. The first kappa shape index (κ1) is 15.3. The van der Waals surface area contributed by atoms with E-state index in [1.54, 1.807) is 12.1 Å². The standard InChI is InChI=1S/C14H22N2O3S/c1-10-7-13(15)14(8-11(10)2)20(18,19)16-5-3-12(9-16)4-6-17/h7-8,12,17H,3-6,9,15H2,1-2H3. The maximum atomic E-state index is 12.7. The van der Waals surface area contributed by atoms with Crippen LogP contribution in [-0.4, -0.2) is 37.5 Å². The molecule has 0 bridgehead atoms. The van der Waals surface area contributed by atoms with Gasteiger partial charge < -0.3 is 10.8 Å². The van der Waals surface area contributed by atoms with E-state index in [9.17, 15) is 8.42 Å². The molecule has 1 aliphatic rings. The van der Waals surface area contributed by atoms with Gasteiger partial charge in [-0.15, -0.1) is 0 Å². The molecule has 20 heavy (non-hydrogen) atoms. The van der Waals surface area contributed by atoms with Crippen LogP contribution >= 0.6 is 0 Å². The Morgan fingerprint density at radius 2 is 2.00 bits per heavy atom. The summed E-state index contributed by atoms with van der Waals surface area (Å²) in [7, 11) is -3.53. The van der Waals surface area contributed by atoms with Gasteiger partial charge in [0.25, 0.3) is 0 Å². The Labute approximate surface area is 120 Å². The monoisotopic (exact) mass is 298 g/mol. The molecule has 112 valence electrons. The Morgan fingerprint density at radius 3 is 2.65 bits per heavy atom. The molecule has 1 aliphatic heterocycles. The zero-order chi connectivity index (χ0) is 14.9. The highest BCUT2D eigenvalue weighted by Crippen LogP contribution is 2.30. The molecule has 1 fully saturated rings. The number of rotatable bonds is 4. The number of nitrogens with zero attached hydrogens (tertiary/aromatic N) is 1. The Bertz CT molecular complexity index is 599. The van der Waals surface area contributed by atoms with E-state index >= 15 is 0 Å². The molecular formula is C14H22N2O3S. The van der Waals surface area contributed by atoms with Crippen molar-refractivity contribution in [2.45, 2.75) is 31.6 Å². The van der Waals surface area contributed by atoms with E-state index in [4.69, 9.17) is 10.8 Å². The summed E-state index contributed by atoms with van der Waals surface area (Å²) in [4.78, 5) is 0.199. The van der Waals surface area contributed by atoms with Crippen molar-refractivity contribution in [3.05, 3.63) is 23.3 Å². The molecule has 5 nitrogen and oxygen atoms in total. The number of hydrogen-bond donors (Lipinski definition) is 2. The lowest BCUT2D eigenvalue weighted by Crippen LogP contribution is -2.29. The summed E-state index contributed by atoms with van der Waals surface area (Å²) < 4.78 is 26.8. The number of hydrogen-bond acceptors (Lipinski definition) is 4. The second-order valence-electron chi connectivity index (χ2n) is 5.50. The van der Waals surface area contributed by atoms with Crippen molar-refractivity contribution in [3.63, 3.8) is 0 Å². The molecule has 0 saturated carbocycles. The van der Waals surface area contributed by atoms with Crippen LogP contribution < -0.4 is 5.73 Å². The van der Waals surface area contributed by atoms with Gasteiger partial charge in [-0.2, -0.15) is 4.31 Å². The number of nitrogen functional groups attached to an aromatic ring is 1. The fourth-order valence-corrected chi connectivity index (χ4v) is 4.32. The van der Waals surface area contributed by atoms with Gasteiger partial charge in [-0.3, -0.25) is 0 Å². The third-order valence-electron chi connectivity index (χ3n) is 4.03. The first-order valence-electron chi connectivity index (χ1n) is 6.84. The summed E-state index contributed by atoms with van der Waals surface area (Å²) in [6.07, 6.45) is 1.44. The van der Waals surface area contributed by atoms with Crippen molar-refractivity contribution in [3.8, 4) is 0 Å². The molecule has 0 aliphatic carbocycles. The number of aliphatic hydroxyl groups is 1. The molecule has 1 saturated heterocycles. The number of aliphatic hydroxyl groups excluding tert-OH is 1. The summed E-state index contributed by atoms with van der Waals surface area (Å²) in [6, 6.07) is 3.36. The van der Waals surface area contributed by atoms with Crippen LogP contribution in [0.15, 0.2) is 17.0 Å². The lowest BCUT2D eigenvalue weighted by molar-refractivity contribution is 0.259. The van der Waals surface area contributed by atoms with E-state index in [2.05, 4.69) is 0 Å². The molecule has 0 amide bonds. The zero-order valence-corrected chi connectivity index (χ0v) is 12.8. The van der Waals surface area contributed by atoms with Gasteiger partial charge in [0, 0.05) is 19.7 Å². The van der Waals surface area contributed by atoms with Gasteiger partial charge in [-0.05, 0) is 55.9 Å². The lowest BCUT2D eigenvalue weighted by atomic mass is 10.1. The fourth-order valence-electron chi connectivity index (χ4n) is 2.61. The van der Waals surface area contributed by atoms with Gasteiger partial charge >= 0.3 is 0 Å². The highest BCUT2D eigenvalue weighted by molar-refractivity contribution is 7.89. The Balaban J connectivity index is 2.30. The molecule has 3 N–H and O–H groups in total. The quantitative estimate of drug-likeness (QED) is 0.820. The van der Waals surface area contributed by atoms with Gasteiger partial charge in [-0.25, -0.2) is 8.42 Å². The van der Waals surface area contributed by atoms with Crippen LogP contribution in [0.3, 0.4) is 0 Å². The first-order chi connectivity index (χ1) is 9.36. The van der Waals surface area contributed by atoms with Crippen molar-refractivity contribution >= 4 is 15.7 Å². The predicted molar refractivity (Wildman–Crippen MR) is 78.9 cm³/mol. The predicted octanol–water partition coefficient (Wildman–Crippen LogP) is 1.28. The molecule has 0 spiro atoms. The topological polar surface area (TPSA) is 83.6 Å². The van der Waals surface area contributed by atoms with Gasteiger partial charge in [-0.1, -0.05) is 0 Å². The minimum Gasteiger partial charge on any atom is -0.398 e. The van der Waals surface area contributed by atoms with E-state index in [0.717, 1.165) is 17.5 Å². The fraction of sp³-hybridized carbons (Fsp3) is 0.571. The lowest BCUT2D eigenvalue weighted by Gasteiger charge is -2.18. The van der Waals surface area contributed by atoms with E-state index in [-0.39, 0.29) is 17.4 Å². The molecule has 1 atom stereocenters. The van der Waals surface area contributed by atoms with Gasteiger partial charge in [0.05, 0.1) is 5.69 Å². The maximum absolute atomic E-state index is 12.7. The SMILES string of the molecule is Cc1cc(N)c(S(=O)(=O)N2CCC(CCO)C2)cc1C. The molecule has 1 unspecified atom stereocenters. The molecule has 1 aromatic rings. The van der Waals surface area contributed by atoms with Crippen LogP contribution in [0.5, 0.6) is 0 Å². The van der Waals surface area contributed by atoms with Crippen molar-refractivity contribution in [1.82, 2.24) is 4.31 Å². The second-order valence-corrected chi connectivity index (χ2v) is 7.41.